The Kier molecular flexibility index (Phi) is 3.14. The smallest absolute Gasteiger partial charge is 0.311 e. The summed E-state index contributed by atoms with van der Waals surface area (Å²) in [7, 11) is 0. The van der Waals surface area contributed by atoms with Gasteiger partial charge in [0.05, 0.1) is 11.1 Å². The second-order valence-electron chi connectivity index (χ2n) is 5.26. The lowest BCUT2D eigenvalue weighted by molar-refractivity contribution is -0.146. The zero-order valence-corrected chi connectivity index (χ0v) is 11.3. The number of aliphatic carboxylic acids is 1. The Morgan fingerprint density at radius 3 is 2.68 bits per heavy atom. The molecular weight excluding hydrogens is 244 g/mol. The van der Waals surface area contributed by atoms with Gasteiger partial charge in [0.15, 0.2) is 5.82 Å². The fraction of sp³-hybridized carbons (Fsp3) is 0.538. The van der Waals surface area contributed by atoms with Gasteiger partial charge in [-0.2, -0.15) is 10.4 Å². The van der Waals surface area contributed by atoms with E-state index in [1.807, 2.05) is 11.8 Å². The molecule has 1 aromatic rings. The van der Waals surface area contributed by atoms with Crippen molar-refractivity contribution in [2.24, 2.45) is 5.41 Å². The number of hydrogen-bond donors (Lipinski definition) is 1. The molecule has 6 heteroatoms. The van der Waals surface area contributed by atoms with Crippen LogP contribution in [0.15, 0.2) is 0 Å². The van der Waals surface area contributed by atoms with Gasteiger partial charge in [-0.3, -0.25) is 4.79 Å². The van der Waals surface area contributed by atoms with Crippen LogP contribution >= 0.6 is 0 Å². The van der Waals surface area contributed by atoms with Gasteiger partial charge in [-0.1, -0.05) is 0 Å². The minimum Gasteiger partial charge on any atom is -0.481 e. The number of aromatic nitrogens is 2. The molecule has 1 aliphatic heterocycles. The molecule has 0 aromatic carbocycles. The molecule has 6 nitrogen and oxygen atoms in total. The maximum Gasteiger partial charge on any atom is 0.311 e. The molecule has 100 valence electrons. The Balaban J connectivity index is 2.38. The number of anilines is 1. The molecule has 0 spiro atoms. The Bertz CT molecular complexity index is 579. The fourth-order valence-corrected chi connectivity index (χ4v) is 2.27. The summed E-state index contributed by atoms with van der Waals surface area (Å²) in [5.41, 5.74) is 1.23. The van der Waals surface area contributed by atoms with E-state index in [1.54, 1.807) is 13.8 Å². The maximum absolute atomic E-state index is 11.2. The zero-order valence-electron chi connectivity index (χ0n) is 11.3. The molecule has 0 saturated carbocycles. The molecule has 1 N–H and O–H groups in total. The summed E-state index contributed by atoms with van der Waals surface area (Å²) in [6.45, 7) is 6.29. The van der Waals surface area contributed by atoms with Gasteiger partial charge in [0.25, 0.3) is 0 Å². The molecule has 2 rings (SSSR count). The minimum atomic E-state index is -0.815. The third-order valence-electron chi connectivity index (χ3n) is 3.84. The van der Waals surface area contributed by atoms with E-state index in [0.717, 1.165) is 11.3 Å². The van der Waals surface area contributed by atoms with E-state index in [9.17, 15) is 15.2 Å². The highest BCUT2D eigenvalue weighted by Gasteiger charge is 2.41. The number of rotatable bonds is 2. The third kappa shape index (κ3) is 2.12. The van der Waals surface area contributed by atoms with Crippen molar-refractivity contribution in [3.8, 4) is 6.07 Å². The summed E-state index contributed by atoms with van der Waals surface area (Å²) in [5.74, 6) is -0.319. The number of carboxylic acid groups (broad SMARTS) is 1. The van der Waals surface area contributed by atoms with Gasteiger partial charge < -0.3 is 10.0 Å². The first kappa shape index (κ1) is 13.3. The Labute approximate surface area is 111 Å². The maximum atomic E-state index is 11.2. The number of nitrogens with zero attached hydrogens (tertiary/aromatic N) is 4. The van der Waals surface area contributed by atoms with Crippen molar-refractivity contribution in [3.05, 3.63) is 16.8 Å². The van der Waals surface area contributed by atoms with Gasteiger partial charge in [-0.25, -0.2) is 0 Å². The molecule has 0 bridgehead atoms. The largest absolute Gasteiger partial charge is 0.481 e. The molecule has 1 aliphatic rings. The monoisotopic (exact) mass is 260 g/mol. The average molecular weight is 260 g/mol. The standard InChI is InChI=1S/C13H16N4O2/c1-8-9(2)15-16-11(10(8)6-14)17-5-4-13(3,7-17)12(18)19/h4-5,7H2,1-3H3,(H,18,19). The number of carbonyl (C=O) groups is 1. The highest BCUT2D eigenvalue weighted by atomic mass is 16.4. The average Bonchev–Trinajstić information content (AvgIpc) is 2.76. The molecule has 1 unspecified atom stereocenters. The van der Waals surface area contributed by atoms with Crippen LogP contribution in [-0.4, -0.2) is 34.4 Å². The van der Waals surface area contributed by atoms with Crippen LogP contribution in [0.5, 0.6) is 0 Å². The van der Waals surface area contributed by atoms with Crippen molar-refractivity contribution in [2.45, 2.75) is 27.2 Å². The number of nitriles is 1. The number of carboxylic acids is 1. The molecule has 2 heterocycles. The van der Waals surface area contributed by atoms with Crippen LogP contribution in [0.25, 0.3) is 0 Å². The van der Waals surface area contributed by atoms with Crippen molar-refractivity contribution in [1.29, 1.82) is 5.26 Å². The van der Waals surface area contributed by atoms with Crippen LogP contribution < -0.4 is 4.90 Å². The molecule has 0 amide bonds. The molecule has 1 fully saturated rings. The summed E-state index contributed by atoms with van der Waals surface area (Å²) in [6.07, 6.45) is 0.543. The number of hydrogen-bond acceptors (Lipinski definition) is 5. The van der Waals surface area contributed by atoms with Crippen LogP contribution in [0, 0.1) is 30.6 Å². The molecule has 0 aliphatic carbocycles. The van der Waals surface area contributed by atoms with Crippen LogP contribution in [-0.2, 0) is 4.79 Å². The number of aryl methyl sites for hydroxylation is 1. The van der Waals surface area contributed by atoms with Gasteiger partial charge >= 0.3 is 5.97 Å². The Morgan fingerprint density at radius 2 is 2.16 bits per heavy atom. The second-order valence-corrected chi connectivity index (χ2v) is 5.26. The normalized spacial score (nSPS) is 22.3. The SMILES string of the molecule is Cc1nnc(N2CCC(C)(C(=O)O)C2)c(C#N)c1C. The Morgan fingerprint density at radius 1 is 1.47 bits per heavy atom. The predicted molar refractivity (Wildman–Crippen MR) is 68.8 cm³/mol. The quantitative estimate of drug-likeness (QED) is 0.861. The van der Waals surface area contributed by atoms with Crippen molar-refractivity contribution in [2.75, 3.05) is 18.0 Å². The molecule has 0 radical (unpaired) electrons. The summed E-state index contributed by atoms with van der Waals surface area (Å²) in [4.78, 5) is 13.1. The van der Waals surface area contributed by atoms with E-state index in [-0.39, 0.29) is 0 Å². The topological polar surface area (TPSA) is 90.1 Å². The Hall–Kier alpha value is -2.16. The van der Waals surface area contributed by atoms with Gasteiger partial charge in [0, 0.05) is 13.1 Å². The summed E-state index contributed by atoms with van der Waals surface area (Å²) < 4.78 is 0. The molecular formula is C13H16N4O2. The van der Waals surface area contributed by atoms with Gasteiger partial charge in [-0.15, -0.1) is 5.10 Å². The van der Waals surface area contributed by atoms with Crippen LogP contribution in [0.3, 0.4) is 0 Å². The first-order chi connectivity index (χ1) is 8.89. The van der Waals surface area contributed by atoms with Crippen molar-refractivity contribution in [3.63, 3.8) is 0 Å². The lowest BCUT2D eigenvalue weighted by Crippen LogP contribution is -2.32. The van der Waals surface area contributed by atoms with E-state index in [4.69, 9.17) is 0 Å². The minimum absolute atomic E-state index is 0.355. The van der Waals surface area contributed by atoms with Crippen molar-refractivity contribution < 1.29 is 9.90 Å². The first-order valence-corrected chi connectivity index (χ1v) is 6.11. The lowest BCUT2D eigenvalue weighted by Gasteiger charge is -2.21. The molecule has 1 atom stereocenters. The van der Waals surface area contributed by atoms with Gasteiger partial charge in [-0.05, 0) is 32.8 Å². The predicted octanol–water partition coefficient (Wildman–Crippen LogP) is 1.27. The molecule has 1 saturated heterocycles. The molecule has 1 aromatic heterocycles. The van der Waals surface area contributed by atoms with Crippen LogP contribution in [0.4, 0.5) is 5.82 Å². The summed E-state index contributed by atoms with van der Waals surface area (Å²) >= 11 is 0. The summed E-state index contributed by atoms with van der Waals surface area (Å²) in [6, 6.07) is 2.15. The van der Waals surface area contributed by atoms with E-state index < -0.39 is 11.4 Å². The van der Waals surface area contributed by atoms with E-state index in [0.29, 0.717) is 30.9 Å². The van der Waals surface area contributed by atoms with E-state index in [1.165, 1.54) is 0 Å². The van der Waals surface area contributed by atoms with Crippen LogP contribution in [0.2, 0.25) is 0 Å². The van der Waals surface area contributed by atoms with Crippen molar-refractivity contribution in [1.82, 2.24) is 10.2 Å². The summed E-state index contributed by atoms with van der Waals surface area (Å²) in [5, 5.41) is 26.6. The first-order valence-electron chi connectivity index (χ1n) is 6.11. The zero-order chi connectivity index (χ0) is 14.2. The third-order valence-corrected chi connectivity index (χ3v) is 3.84. The van der Waals surface area contributed by atoms with Gasteiger partial charge in [0.2, 0.25) is 0 Å². The van der Waals surface area contributed by atoms with E-state index >= 15 is 0 Å². The fourth-order valence-electron chi connectivity index (χ4n) is 2.27. The highest BCUT2D eigenvalue weighted by Crippen LogP contribution is 2.34. The van der Waals surface area contributed by atoms with Crippen molar-refractivity contribution >= 4 is 11.8 Å². The van der Waals surface area contributed by atoms with E-state index in [2.05, 4.69) is 16.3 Å². The highest BCUT2D eigenvalue weighted by molar-refractivity contribution is 5.76. The van der Waals surface area contributed by atoms with Crippen LogP contribution in [0.1, 0.15) is 30.2 Å². The molecule has 19 heavy (non-hydrogen) atoms. The second kappa shape index (κ2) is 4.50. The van der Waals surface area contributed by atoms with Gasteiger partial charge in [0.1, 0.15) is 11.6 Å². The lowest BCUT2D eigenvalue weighted by atomic mass is 9.90.